The maximum Gasteiger partial charge on any atom is 0.257 e. The van der Waals surface area contributed by atoms with Gasteiger partial charge in [-0.3, -0.25) is 10.1 Å². The molecule has 1 heterocycles. The summed E-state index contributed by atoms with van der Waals surface area (Å²) >= 11 is 2.89. The molecule has 1 aromatic heterocycles. The molecule has 25 heavy (non-hydrogen) atoms. The molecule has 5 nitrogen and oxygen atoms in total. The molecule has 124 valence electrons. The lowest BCUT2D eigenvalue weighted by Crippen LogP contribution is -2.12. The number of nitrogens with zero attached hydrogens (tertiary/aromatic N) is 3. The van der Waals surface area contributed by atoms with Crippen LogP contribution < -0.4 is 5.32 Å². The number of thioether (sulfide) groups is 1. The first-order chi connectivity index (χ1) is 12.2. The fourth-order valence-corrected chi connectivity index (χ4v) is 3.83. The second-order valence-electron chi connectivity index (χ2n) is 5.24. The molecule has 2 aromatic carbocycles. The highest BCUT2D eigenvalue weighted by atomic mass is 32.2. The van der Waals surface area contributed by atoms with Crippen LogP contribution in [0.1, 0.15) is 27.0 Å². The van der Waals surface area contributed by atoms with Gasteiger partial charge < -0.3 is 0 Å². The highest BCUT2D eigenvalue weighted by Crippen LogP contribution is 2.28. The van der Waals surface area contributed by atoms with Gasteiger partial charge in [-0.15, -0.1) is 10.2 Å². The normalized spacial score (nSPS) is 10.2. The molecule has 0 spiro atoms. The van der Waals surface area contributed by atoms with Crippen LogP contribution in [0.15, 0.2) is 52.9 Å². The summed E-state index contributed by atoms with van der Waals surface area (Å²) in [6, 6.07) is 17.0. The summed E-state index contributed by atoms with van der Waals surface area (Å²) in [5, 5.41) is 20.2. The standard InChI is InChI=1S/C18H14N4OS2/c1-12-4-2-3-5-15(12)16(23)20-17-21-22-18(25-17)24-11-14-8-6-13(10-19)7-9-14/h2-9H,11H2,1H3,(H,20,21,23). The van der Waals surface area contributed by atoms with Gasteiger partial charge >= 0.3 is 0 Å². The van der Waals surface area contributed by atoms with E-state index >= 15 is 0 Å². The van der Waals surface area contributed by atoms with Crippen molar-refractivity contribution in [3.8, 4) is 6.07 Å². The van der Waals surface area contributed by atoms with Gasteiger partial charge in [0.15, 0.2) is 4.34 Å². The first-order valence-electron chi connectivity index (χ1n) is 7.48. The molecule has 1 amide bonds. The third-order valence-electron chi connectivity index (χ3n) is 3.46. The van der Waals surface area contributed by atoms with E-state index in [1.54, 1.807) is 30.0 Å². The number of hydrogen-bond donors (Lipinski definition) is 1. The third-order valence-corrected chi connectivity index (χ3v) is 5.51. The fourth-order valence-electron chi connectivity index (χ4n) is 2.13. The van der Waals surface area contributed by atoms with Gasteiger partial charge in [-0.05, 0) is 36.2 Å². The average Bonchev–Trinajstić information content (AvgIpc) is 3.08. The van der Waals surface area contributed by atoms with Crippen molar-refractivity contribution in [1.82, 2.24) is 10.2 Å². The summed E-state index contributed by atoms with van der Waals surface area (Å²) < 4.78 is 0.782. The summed E-state index contributed by atoms with van der Waals surface area (Å²) in [5.74, 6) is 0.546. The first kappa shape index (κ1) is 17.1. The Morgan fingerprint density at radius 1 is 1.20 bits per heavy atom. The number of anilines is 1. The maximum absolute atomic E-state index is 12.3. The van der Waals surface area contributed by atoms with E-state index in [0.717, 1.165) is 21.2 Å². The summed E-state index contributed by atoms with van der Waals surface area (Å²) in [6.45, 7) is 1.90. The Morgan fingerprint density at radius 3 is 2.68 bits per heavy atom. The predicted molar refractivity (Wildman–Crippen MR) is 99.8 cm³/mol. The fraction of sp³-hybridized carbons (Fsp3) is 0.111. The molecule has 3 aromatic rings. The molecule has 7 heteroatoms. The number of carbonyl (C=O) groups excluding carboxylic acids is 1. The molecule has 0 atom stereocenters. The lowest BCUT2D eigenvalue weighted by Gasteiger charge is -2.03. The van der Waals surface area contributed by atoms with E-state index in [1.807, 2.05) is 37.3 Å². The van der Waals surface area contributed by atoms with Gasteiger partial charge in [-0.2, -0.15) is 5.26 Å². The van der Waals surface area contributed by atoms with Crippen molar-refractivity contribution in [2.24, 2.45) is 0 Å². The number of amides is 1. The van der Waals surface area contributed by atoms with Crippen LogP contribution in [-0.2, 0) is 5.75 Å². The molecule has 0 bridgehead atoms. The van der Waals surface area contributed by atoms with Crippen LogP contribution >= 0.6 is 23.1 Å². The molecule has 0 saturated carbocycles. The number of nitrogens with one attached hydrogen (secondary N) is 1. The zero-order valence-electron chi connectivity index (χ0n) is 13.4. The third kappa shape index (κ3) is 4.44. The first-order valence-corrected chi connectivity index (χ1v) is 9.28. The second-order valence-corrected chi connectivity index (χ2v) is 7.44. The van der Waals surface area contributed by atoms with E-state index in [4.69, 9.17) is 5.26 Å². The van der Waals surface area contributed by atoms with Crippen LogP contribution in [0.5, 0.6) is 0 Å². The van der Waals surface area contributed by atoms with Gasteiger partial charge in [0.1, 0.15) is 0 Å². The monoisotopic (exact) mass is 366 g/mol. The second kappa shape index (κ2) is 7.92. The Morgan fingerprint density at radius 2 is 1.96 bits per heavy atom. The summed E-state index contributed by atoms with van der Waals surface area (Å²) in [7, 11) is 0. The molecular formula is C18H14N4OS2. The van der Waals surface area contributed by atoms with E-state index in [1.165, 1.54) is 11.3 Å². The highest BCUT2D eigenvalue weighted by molar-refractivity contribution is 8.00. The van der Waals surface area contributed by atoms with Crippen molar-refractivity contribution in [3.05, 3.63) is 70.8 Å². The molecule has 0 aliphatic heterocycles. The van der Waals surface area contributed by atoms with Gasteiger partial charge in [-0.1, -0.05) is 53.4 Å². The predicted octanol–water partition coefficient (Wildman–Crippen LogP) is 4.26. The smallest absolute Gasteiger partial charge is 0.257 e. The van der Waals surface area contributed by atoms with E-state index in [-0.39, 0.29) is 5.91 Å². The number of aromatic nitrogens is 2. The van der Waals surface area contributed by atoms with Gasteiger partial charge in [0.2, 0.25) is 5.13 Å². The molecule has 0 saturated heterocycles. The molecular weight excluding hydrogens is 352 g/mol. The van der Waals surface area contributed by atoms with Crippen molar-refractivity contribution in [2.45, 2.75) is 17.0 Å². The van der Waals surface area contributed by atoms with Gasteiger partial charge in [0.05, 0.1) is 11.6 Å². The number of rotatable bonds is 5. The van der Waals surface area contributed by atoms with Crippen LogP contribution in [0.4, 0.5) is 5.13 Å². The molecule has 3 rings (SSSR count). The van der Waals surface area contributed by atoms with E-state index in [9.17, 15) is 4.79 Å². The lowest BCUT2D eigenvalue weighted by molar-refractivity contribution is 0.102. The molecule has 0 unspecified atom stereocenters. The van der Waals surface area contributed by atoms with Crippen molar-refractivity contribution in [1.29, 1.82) is 5.26 Å². The Kier molecular flexibility index (Phi) is 5.43. The van der Waals surface area contributed by atoms with Crippen molar-refractivity contribution in [2.75, 3.05) is 5.32 Å². The Balaban J connectivity index is 1.59. The minimum atomic E-state index is -0.183. The van der Waals surface area contributed by atoms with E-state index in [2.05, 4.69) is 21.6 Å². The van der Waals surface area contributed by atoms with Crippen molar-refractivity contribution in [3.63, 3.8) is 0 Å². The van der Waals surface area contributed by atoms with Crippen LogP contribution in [0.25, 0.3) is 0 Å². The zero-order valence-corrected chi connectivity index (χ0v) is 15.0. The lowest BCUT2D eigenvalue weighted by atomic mass is 10.1. The number of nitriles is 1. The number of hydrogen-bond acceptors (Lipinski definition) is 6. The average molecular weight is 366 g/mol. The largest absolute Gasteiger partial charge is 0.296 e. The van der Waals surface area contributed by atoms with E-state index < -0.39 is 0 Å². The Hall–Kier alpha value is -2.69. The summed E-state index contributed by atoms with van der Waals surface area (Å²) in [6.07, 6.45) is 0. The molecule has 0 aliphatic rings. The molecule has 0 fully saturated rings. The topological polar surface area (TPSA) is 78.7 Å². The number of carbonyl (C=O) groups is 1. The van der Waals surface area contributed by atoms with Crippen LogP contribution in [0.3, 0.4) is 0 Å². The molecule has 1 N–H and O–H groups in total. The SMILES string of the molecule is Cc1ccccc1C(=O)Nc1nnc(SCc2ccc(C#N)cc2)s1. The summed E-state index contributed by atoms with van der Waals surface area (Å²) in [5.41, 5.74) is 3.29. The van der Waals surface area contributed by atoms with Gasteiger partial charge in [0, 0.05) is 11.3 Å². The summed E-state index contributed by atoms with van der Waals surface area (Å²) in [4.78, 5) is 12.3. The Bertz CT molecular complexity index is 929. The van der Waals surface area contributed by atoms with Crippen LogP contribution in [0, 0.1) is 18.3 Å². The molecule has 0 radical (unpaired) electrons. The minimum Gasteiger partial charge on any atom is -0.296 e. The van der Waals surface area contributed by atoms with Crippen LogP contribution in [0.2, 0.25) is 0 Å². The quantitative estimate of drug-likeness (QED) is 0.539. The highest BCUT2D eigenvalue weighted by Gasteiger charge is 2.12. The van der Waals surface area contributed by atoms with Gasteiger partial charge in [-0.25, -0.2) is 0 Å². The number of benzene rings is 2. The van der Waals surface area contributed by atoms with Crippen molar-refractivity contribution >= 4 is 34.1 Å². The zero-order chi connectivity index (χ0) is 17.6. The maximum atomic E-state index is 12.3. The molecule has 0 aliphatic carbocycles. The Labute approximate surface area is 153 Å². The number of aryl methyl sites for hydroxylation is 1. The van der Waals surface area contributed by atoms with Crippen molar-refractivity contribution < 1.29 is 4.79 Å². The minimum absolute atomic E-state index is 0.183. The van der Waals surface area contributed by atoms with Gasteiger partial charge in [0.25, 0.3) is 5.91 Å². The van der Waals surface area contributed by atoms with E-state index in [0.29, 0.717) is 16.3 Å². The van der Waals surface area contributed by atoms with Crippen LogP contribution in [-0.4, -0.2) is 16.1 Å².